The topological polar surface area (TPSA) is 74.6 Å². The molecule has 0 saturated heterocycles. The zero-order valence-electron chi connectivity index (χ0n) is 23.5. The Morgan fingerprint density at radius 3 is 2.45 bits per heavy atom. The maximum Gasteiger partial charge on any atom is 0.255 e. The van der Waals surface area contributed by atoms with Crippen LogP contribution in [0.2, 0.25) is 0 Å². The normalized spacial score (nSPS) is 11.7. The maximum atomic E-state index is 13.0. The molecule has 0 atom stereocenters. The van der Waals surface area contributed by atoms with Gasteiger partial charge in [0.25, 0.3) is 5.91 Å². The van der Waals surface area contributed by atoms with Crippen LogP contribution in [0.5, 0.6) is 0 Å². The highest BCUT2D eigenvalue weighted by Gasteiger charge is 2.15. The van der Waals surface area contributed by atoms with E-state index in [-0.39, 0.29) is 11.3 Å². The summed E-state index contributed by atoms with van der Waals surface area (Å²) >= 11 is 1.71. The van der Waals surface area contributed by atoms with Gasteiger partial charge < -0.3 is 15.0 Å². The highest BCUT2D eigenvalue weighted by atomic mass is 32.2. The molecule has 8 heteroatoms. The first-order chi connectivity index (χ1) is 19.2. The van der Waals surface area contributed by atoms with Crippen LogP contribution in [0, 0.1) is 0 Å². The zero-order chi connectivity index (χ0) is 28.3. The number of imidazole rings is 1. The van der Waals surface area contributed by atoms with Crippen molar-refractivity contribution in [3.63, 3.8) is 0 Å². The molecule has 0 aliphatic heterocycles. The van der Waals surface area contributed by atoms with Gasteiger partial charge >= 0.3 is 0 Å². The van der Waals surface area contributed by atoms with Crippen LogP contribution in [0.1, 0.15) is 42.3 Å². The summed E-state index contributed by atoms with van der Waals surface area (Å²) in [7, 11) is 2.08. The third-order valence-electron chi connectivity index (χ3n) is 6.74. The Balaban J connectivity index is 1.37. The molecule has 3 aromatic carbocycles. The van der Waals surface area contributed by atoms with Gasteiger partial charge in [-0.3, -0.25) is 4.79 Å². The summed E-state index contributed by atoms with van der Waals surface area (Å²) in [6.07, 6.45) is 7.68. The predicted octanol–water partition coefficient (Wildman–Crippen LogP) is 7.40. The third-order valence-corrected chi connectivity index (χ3v) is 7.49. The molecule has 2 heterocycles. The van der Waals surface area contributed by atoms with E-state index in [0.29, 0.717) is 17.1 Å². The number of hydrogen-bond acceptors (Lipinski definition) is 6. The minimum absolute atomic E-state index is 0.0364. The lowest BCUT2D eigenvalue weighted by atomic mass is 9.87. The molecule has 0 radical (unpaired) electrons. The summed E-state index contributed by atoms with van der Waals surface area (Å²) < 4.78 is 4.13. The fourth-order valence-corrected chi connectivity index (χ4v) is 4.67. The molecule has 0 aliphatic rings. The van der Waals surface area contributed by atoms with Crippen LogP contribution < -0.4 is 10.6 Å². The smallest absolute Gasteiger partial charge is 0.255 e. The van der Waals surface area contributed by atoms with E-state index >= 15 is 0 Å². The first kappa shape index (κ1) is 27.4. The predicted molar refractivity (Wildman–Crippen MR) is 166 cm³/mol. The molecule has 204 valence electrons. The van der Waals surface area contributed by atoms with E-state index in [0.717, 1.165) is 29.1 Å². The molecule has 5 rings (SSSR count). The summed E-state index contributed by atoms with van der Waals surface area (Å²) in [5.41, 5.74) is 7.10. The highest BCUT2D eigenvalue weighted by molar-refractivity contribution is 7.96. The molecular weight excluding hydrogens is 516 g/mol. The monoisotopic (exact) mass is 550 g/mol. The van der Waals surface area contributed by atoms with E-state index in [1.165, 1.54) is 11.1 Å². The van der Waals surface area contributed by atoms with Crippen molar-refractivity contribution in [2.24, 2.45) is 0 Å². The molecule has 40 heavy (non-hydrogen) atoms. The standard InChI is InChI=1S/C32H34N6OS/c1-32(2,3)25-13-11-23(12-14-25)31(39)35-27-8-6-7-24(19-27)28-21-38-18-17-33-30(38)29(36-28)34-26-15-9-22(10-16-26)20-37(4)40-5/h6-19,21H,20H2,1-5H3,(H,34,36)(H,35,39). The molecule has 7 nitrogen and oxygen atoms in total. The minimum atomic E-state index is -0.148. The molecule has 0 fully saturated rings. The van der Waals surface area contributed by atoms with Crippen LogP contribution in [0.3, 0.4) is 0 Å². The minimum Gasteiger partial charge on any atom is -0.337 e. The molecule has 0 bridgehead atoms. The Morgan fingerprint density at radius 2 is 1.75 bits per heavy atom. The summed E-state index contributed by atoms with van der Waals surface area (Å²) in [4.78, 5) is 22.4. The fourth-order valence-electron chi connectivity index (χ4n) is 4.39. The number of amides is 1. The number of nitrogens with one attached hydrogen (secondary N) is 2. The van der Waals surface area contributed by atoms with Gasteiger partial charge in [-0.15, -0.1) is 0 Å². The number of nitrogens with zero attached hydrogens (tertiary/aromatic N) is 4. The van der Waals surface area contributed by atoms with E-state index in [1.54, 1.807) is 18.1 Å². The van der Waals surface area contributed by atoms with Crippen LogP contribution >= 0.6 is 11.9 Å². The largest absolute Gasteiger partial charge is 0.337 e. The number of aromatic nitrogens is 3. The second-order valence-corrected chi connectivity index (χ2v) is 11.8. The molecule has 2 N–H and O–H groups in total. The average Bonchev–Trinajstić information content (AvgIpc) is 3.43. The number of benzene rings is 3. The van der Waals surface area contributed by atoms with Gasteiger partial charge in [0.15, 0.2) is 11.5 Å². The lowest BCUT2D eigenvalue weighted by Gasteiger charge is -2.19. The van der Waals surface area contributed by atoms with Crippen molar-refractivity contribution in [2.45, 2.75) is 32.7 Å². The molecule has 1 amide bonds. The lowest BCUT2D eigenvalue weighted by Crippen LogP contribution is -2.14. The molecule has 0 saturated carbocycles. The van der Waals surface area contributed by atoms with Crippen LogP contribution in [-0.4, -0.2) is 37.9 Å². The Hall–Kier alpha value is -4.14. The van der Waals surface area contributed by atoms with Crippen molar-refractivity contribution >= 4 is 40.7 Å². The van der Waals surface area contributed by atoms with E-state index < -0.39 is 0 Å². The second kappa shape index (κ2) is 11.5. The Labute approximate surface area is 239 Å². The van der Waals surface area contributed by atoms with Crippen molar-refractivity contribution in [1.82, 2.24) is 18.7 Å². The van der Waals surface area contributed by atoms with Crippen molar-refractivity contribution in [3.8, 4) is 11.3 Å². The lowest BCUT2D eigenvalue weighted by molar-refractivity contribution is 0.102. The first-order valence-electron chi connectivity index (χ1n) is 13.2. The van der Waals surface area contributed by atoms with Gasteiger partial charge in [0.2, 0.25) is 0 Å². The van der Waals surface area contributed by atoms with Crippen LogP contribution in [-0.2, 0) is 12.0 Å². The molecule has 0 aliphatic carbocycles. The van der Waals surface area contributed by atoms with E-state index in [2.05, 4.69) is 78.3 Å². The maximum absolute atomic E-state index is 13.0. The van der Waals surface area contributed by atoms with Gasteiger partial charge in [0.05, 0.1) is 5.69 Å². The molecule has 0 spiro atoms. The van der Waals surface area contributed by atoms with Crippen LogP contribution in [0.25, 0.3) is 16.9 Å². The first-order valence-corrected chi connectivity index (χ1v) is 14.3. The number of hydrogen-bond donors (Lipinski definition) is 2. The van der Waals surface area contributed by atoms with Crippen LogP contribution in [0.15, 0.2) is 91.4 Å². The summed E-state index contributed by atoms with van der Waals surface area (Å²) in [5, 5.41) is 6.47. The van der Waals surface area contributed by atoms with E-state index in [4.69, 9.17) is 4.98 Å². The summed E-state index contributed by atoms with van der Waals surface area (Å²) in [5.74, 6) is 0.509. The number of rotatable bonds is 8. The van der Waals surface area contributed by atoms with Gasteiger partial charge in [-0.1, -0.05) is 69.1 Å². The van der Waals surface area contributed by atoms with Crippen molar-refractivity contribution < 1.29 is 4.79 Å². The highest BCUT2D eigenvalue weighted by Crippen LogP contribution is 2.27. The molecule has 5 aromatic rings. The fraction of sp³-hybridized carbons (Fsp3) is 0.219. The Kier molecular flexibility index (Phi) is 7.91. The van der Waals surface area contributed by atoms with E-state index in [1.807, 2.05) is 65.3 Å². The van der Waals surface area contributed by atoms with Gasteiger partial charge in [-0.2, -0.15) is 0 Å². The Bertz CT molecular complexity index is 1620. The average molecular weight is 551 g/mol. The van der Waals surface area contributed by atoms with Crippen molar-refractivity contribution in [1.29, 1.82) is 0 Å². The van der Waals surface area contributed by atoms with Gasteiger partial charge in [0.1, 0.15) is 0 Å². The van der Waals surface area contributed by atoms with Gasteiger partial charge in [-0.05, 0) is 66.2 Å². The summed E-state index contributed by atoms with van der Waals surface area (Å²) in [6.45, 7) is 7.35. The van der Waals surface area contributed by atoms with E-state index in [9.17, 15) is 4.79 Å². The zero-order valence-corrected chi connectivity index (χ0v) is 24.3. The van der Waals surface area contributed by atoms with Gasteiger partial charge in [0, 0.05) is 47.6 Å². The summed E-state index contributed by atoms with van der Waals surface area (Å²) in [6, 6.07) is 23.9. The number of fused-ring (bicyclic) bond motifs is 1. The third kappa shape index (κ3) is 6.35. The van der Waals surface area contributed by atoms with Crippen LogP contribution in [0.4, 0.5) is 17.2 Å². The second-order valence-electron chi connectivity index (χ2n) is 10.8. The quantitative estimate of drug-likeness (QED) is 0.196. The Morgan fingerprint density at radius 1 is 1.00 bits per heavy atom. The number of anilines is 3. The number of carbonyl (C=O) groups is 1. The van der Waals surface area contributed by atoms with Crippen molar-refractivity contribution in [2.75, 3.05) is 23.9 Å². The van der Waals surface area contributed by atoms with Gasteiger partial charge in [-0.25, -0.2) is 14.3 Å². The number of carbonyl (C=O) groups excluding carboxylic acids is 1. The molecule has 0 unspecified atom stereocenters. The SMILES string of the molecule is CSN(C)Cc1ccc(Nc2nc(-c3cccc(NC(=O)c4ccc(C(C)(C)C)cc4)c3)cn3ccnc23)cc1. The molecule has 2 aromatic heterocycles. The van der Waals surface area contributed by atoms with Crippen molar-refractivity contribution in [3.05, 3.63) is 108 Å². The molecular formula is C32H34N6OS.